The predicted molar refractivity (Wildman–Crippen MR) is 68.8 cm³/mol. The molecule has 0 bridgehead atoms. The lowest BCUT2D eigenvalue weighted by Crippen LogP contribution is -1.97. The highest BCUT2D eigenvalue weighted by Gasteiger charge is 2.09. The Hall–Kier alpha value is -2.23. The number of carbonyl (C=O) groups is 1. The van der Waals surface area contributed by atoms with Crippen LogP contribution in [0.15, 0.2) is 30.5 Å². The van der Waals surface area contributed by atoms with E-state index in [9.17, 15) is 4.79 Å². The largest absolute Gasteiger partial charge is 0.480 e. The van der Waals surface area contributed by atoms with Gasteiger partial charge in [-0.3, -0.25) is 4.79 Å². The van der Waals surface area contributed by atoms with Crippen molar-refractivity contribution in [3.63, 3.8) is 0 Å². The normalized spacial score (nSPS) is 10.2. The molecule has 0 aliphatic rings. The molecule has 0 unspecified atom stereocenters. The van der Waals surface area contributed by atoms with E-state index in [1.807, 2.05) is 19.1 Å². The number of hydrogen-bond acceptors (Lipinski definition) is 4. The molecule has 1 heterocycles. The molecule has 0 saturated carbocycles. The van der Waals surface area contributed by atoms with Crippen molar-refractivity contribution in [1.29, 1.82) is 0 Å². The average molecular weight is 242 g/mol. The van der Waals surface area contributed by atoms with Crippen LogP contribution in [-0.4, -0.2) is 22.9 Å². The molecule has 18 heavy (non-hydrogen) atoms. The molecule has 0 aliphatic carbocycles. The van der Waals surface area contributed by atoms with Crippen LogP contribution in [0.4, 0.5) is 0 Å². The van der Waals surface area contributed by atoms with Crippen molar-refractivity contribution in [3.05, 3.63) is 41.9 Å². The second-order valence-corrected chi connectivity index (χ2v) is 3.97. The Labute approximate surface area is 106 Å². The summed E-state index contributed by atoms with van der Waals surface area (Å²) in [7, 11) is 1.58. The summed E-state index contributed by atoms with van der Waals surface area (Å²) < 4.78 is 5.24. The van der Waals surface area contributed by atoms with Crippen molar-refractivity contribution >= 4 is 5.78 Å². The average Bonchev–Trinajstić information content (AvgIpc) is 2.38. The molecule has 1 aromatic heterocycles. The summed E-state index contributed by atoms with van der Waals surface area (Å²) >= 11 is 0. The predicted octanol–water partition coefficient (Wildman–Crippen LogP) is 2.66. The maximum absolute atomic E-state index is 11.2. The summed E-state index contributed by atoms with van der Waals surface area (Å²) in [5.74, 6) is 1.25. The van der Waals surface area contributed by atoms with E-state index in [0.717, 1.165) is 11.1 Å². The van der Waals surface area contributed by atoms with Crippen LogP contribution < -0.4 is 4.74 Å². The summed E-state index contributed by atoms with van der Waals surface area (Å²) in [6.07, 6.45) is 1.73. The van der Waals surface area contributed by atoms with Crippen LogP contribution in [0.25, 0.3) is 11.1 Å². The molecule has 0 saturated heterocycles. The van der Waals surface area contributed by atoms with Gasteiger partial charge < -0.3 is 4.74 Å². The molecule has 0 spiro atoms. The van der Waals surface area contributed by atoms with Crippen LogP contribution in [0, 0.1) is 6.92 Å². The number of hydrogen-bond donors (Lipinski definition) is 0. The highest BCUT2D eigenvalue weighted by molar-refractivity contribution is 5.94. The minimum absolute atomic E-state index is 0.0497. The molecular weight excluding hydrogens is 228 g/mol. The molecule has 0 N–H and O–H groups in total. The first-order valence-electron chi connectivity index (χ1n) is 5.61. The van der Waals surface area contributed by atoms with E-state index in [-0.39, 0.29) is 5.78 Å². The maximum atomic E-state index is 11.2. The summed E-state index contributed by atoms with van der Waals surface area (Å²) in [5.41, 5.74) is 2.43. The summed E-state index contributed by atoms with van der Waals surface area (Å²) in [5, 5.41) is 0. The van der Waals surface area contributed by atoms with Gasteiger partial charge in [-0.25, -0.2) is 4.98 Å². The Bertz CT molecular complexity index is 577. The first-order chi connectivity index (χ1) is 8.61. The van der Waals surface area contributed by atoms with Crippen molar-refractivity contribution in [2.24, 2.45) is 0 Å². The quantitative estimate of drug-likeness (QED) is 0.776. The lowest BCUT2D eigenvalue weighted by Gasteiger charge is -2.08. The Balaban J connectivity index is 2.45. The third-order valence-electron chi connectivity index (χ3n) is 2.67. The van der Waals surface area contributed by atoms with Crippen LogP contribution in [-0.2, 0) is 0 Å². The van der Waals surface area contributed by atoms with Crippen molar-refractivity contribution in [2.45, 2.75) is 13.8 Å². The van der Waals surface area contributed by atoms with Gasteiger partial charge in [0, 0.05) is 11.8 Å². The van der Waals surface area contributed by atoms with E-state index in [1.165, 1.54) is 0 Å². The number of nitrogens with zero attached hydrogens (tertiary/aromatic N) is 2. The third kappa shape index (κ3) is 2.37. The molecule has 92 valence electrons. The molecule has 4 nitrogen and oxygen atoms in total. The maximum Gasteiger partial charge on any atom is 0.224 e. The van der Waals surface area contributed by atoms with Crippen molar-refractivity contribution in [3.8, 4) is 17.0 Å². The van der Waals surface area contributed by atoms with Gasteiger partial charge in [-0.1, -0.05) is 24.3 Å². The fourth-order valence-corrected chi connectivity index (χ4v) is 1.69. The highest BCUT2D eigenvalue weighted by atomic mass is 16.5. The topological polar surface area (TPSA) is 52.1 Å². The van der Waals surface area contributed by atoms with E-state index >= 15 is 0 Å². The van der Waals surface area contributed by atoms with Gasteiger partial charge in [0.1, 0.15) is 5.82 Å². The van der Waals surface area contributed by atoms with Crippen molar-refractivity contribution in [2.75, 3.05) is 7.11 Å². The number of ether oxygens (including phenoxy) is 1. The Morgan fingerprint density at radius 1 is 1.22 bits per heavy atom. The minimum atomic E-state index is 0.0497. The molecule has 4 heteroatoms. The van der Waals surface area contributed by atoms with Crippen LogP contribution in [0.1, 0.15) is 23.1 Å². The van der Waals surface area contributed by atoms with E-state index in [4.69, 9.17) is 4.74 Å². The molecule has 1 aromatic carbocycles. The first kappa shape index (κ1) is 12.2. The molecule has 0 radical (unpaired) electrons. The number of carbonyl (C=O) groups excluding carboxylic acids is 1. The summed E-state index contributed by atoms with van der Waals surface area (Å²) in [6.45, 7) is 3.36. The zero-order chi connectivity index (χ0) is 13.1. The number of benzene rings is 1. The number of Topliss-reactive ketones (excluding diaryl/α,β-unsaturated/α-hetero) is 1. The van der Waals surface area contributed by atoms with E-state index in [2.05, 4.69) is 9.97 Å². The van der Waals surface area contributed by atoms with Crippen LogP contribution >= 0.6 is 0 Å². The van der Waals surface area contributed by atoms with E-state index in [0.29, 0.717) is 17.3 Å². The second kappa shape index (κ2) is 4.96. The number of aryl methyl sites for hydroxylation is 1. The monoisotopic (exact) mass is 242 g/mol. The zero-order valence-electron chi connectivity index (χ0n) is 10.6. The molecule has 0 aliphatic heterocycles. The zero-order valence-corrected chi connectivity index (χ0v) is 10.6. The van der Waals surface area contributed by atoms with Crippen molar-refractivity contribution < 1.29 is 9.53 Å². The molecule has 2 rings (SSSR count). The van der Waals surface area contributed by atoms with Gasteiger partial charge in [0.15, 0.2) is 5.78 Å². The van der Waals surface area contributed by atoms with Crippen LogP contribution in [0.3, 0.4) is 0 Å². The minimum Gasteiger partial charge on any atom is -0.480 e. The van der Waals surface area contributed by atoms with Gasteiger partial charge >= 0.3 is 0 Å². The van der Waals surface area contributed by atoms with Gasteiger partial charge in [0.05, 0.1) is 12.7 Å². The van der Waals surface area contributed by atoms with Crippen molar-refractivity contribution in [1.82, 2.24) is 9.97 Å². The summed E-state index contributed by atoms with van der Waals surface area (Å²) in [4.78, 5) is 19.6. The second-order valence-electron chi connectivity index (χ2n) is 3.97. The Kier molecular flexibility index (Phi) is 3.37. The fraction of sp³-hybridized carbons (Fsp3) is 0.214. The number of ketones is 1. The highest BCUT2D eigenvalue weighted by Crippen LogP contribution is 2.27. The Morgan fingerprint density at radius 3 is 2.44 bits per heavy atom. The standard InChI is InChI=1S/C14H14N2O2/c1-9(17)11-4-6-12(7-5-11)13-8-15-10(2)16-14(13)18-3/h4-8H,1-3H3. The fourth-order valence-electron chi connectivity index (χ4n) is 1.69. The first-order valence-corrected chi connectivity index (χ1v) is 5.61. The van der Waals surface area contributed by atoms with E-state index < -0.39 is 0 Å². The molecular formula is C14H14N2O2. The van der Waals surface area contributed by atoms with Crippen LogP contribution in [0.2, 0.25) is 0 Å². The lowest BCUT2D eigenvalue weighted by molar-refractivity contribution is 0.101. The number of rotatable bonds is 3. The molecule has 0 fully saturated rings. The van der Waals surface area contributed by atoms with Gasteiger partial charge in [0.2, 0.25) is 5.88 Å². The SMILES string of the molecule is COc1nc(C)ncc1-c1ccc(C(C)=O)cc1. The van der Waals surface area contributed by atoms with Crippen LogP contribution in [0.5, 0.6) is 5.88 Å². The van der Waals surface area contributed by atoms with Gasteiger partial charge in [0.25, 0.3) is 0 Å². The number of aromatic nitrogens is 2. The summed E-state index contributed by atoms with van der Waals surface area (Å²) in [6, 6.07) is 7.31. The van der Waals surface area contributed by atoms with E-state index in [1.54, 1.807) is 32.4 Å². The molecule has 0 amide bonds. The van der Waals surface area contributed by atoms with Gasteiger partial charge in [-0.2, -0.15) is 4.98 Å². The van der Waals surface area contributed by atoms with Gasteiger partial charge in [-0.15, -0.1) is 0 Å². The third-order valence-corrected chi connectivity index (χ3v) is 2.67. The lowest BCUT2D eigenvalue weighted by atomic mass is 10.0. The molecule has 0 atom stereocenters. The molecule has 2 aromatic rings. The smallest absolute Gasteiger partial charge is 0.224 e. The number of methoxy groups -OCH3 is 1. The Morgan fingerprint density at radius 2 is 1.89 bits per heavy atom. The van der Waals surface area contributed by atoms with Gasteiger partial charge in [-0.05, 0) is 19.4 Å².